The average Bonchev–Trinajstić information content (AvgIpc) is 3.25. The van der Waals surface area contributed by atoms with Crippen molar-refractivity contribution in [2.75, 3.05) is 49.5 Å². The lowest BCUT2D eigenvalue weighted by atomic mass is 10.1. The van der Waals surface area contributed by atoms with E-state index in [2.05, 4.69) is 17.1 Å². The van der Waals surface area contributed by atoms with Crippen LogP contribution in [0.15, 0.2) is 42.5 Å². The molecule has 0 radical (unpaired) electrons. The van der Waals surface area contributed by atoms with Crippen molar-refractivity contribution in [3.63, 3.8) is 0 Å². The Kier molecular flexibility index (Phi) is 7.30. The van der Waals surface area contributed by atoms with E-state index < -0.39 is 0 Å². The molecule has 2 aromatic carbocycles. The Hall–Kier alpha value is -2.90. The minimum atomic E-state index is -0.109. The first-order valence-electron chi connectivity index (χ1n) is 11.5. The quantitative estimate of drug-likeness (QED) is 0.705. The molecular weight excluding hydrogens is 440 g/mol. The number of nitrogens with zero attached hydrogens (tertiary/aromatic N) is 3. The maximum absolute atomic E-state index is 13.3. The van der Waals surface area contributed by atoms with E-state index in [0.29, 0.717) is 55.4 Å². The van der Waals surface area contributed by atoms with Gasteiger partial charge in [0.05, 0.1) is 17.8 Å². The van der Waals surface area contributed by atoms with Crippen LogP contribution in [0.1, 0.15) is 35.7 Å². The molecule has 2 aliphatic heterocycles. The van der Waals surface area contributed by atoms with Gasteiger partial charge < -0.3 is 15.1 Å². The Balaban J connectivity index is 1.36. The zero-order valence-electron chi connectivity index (χ0n) is 18.8. The van der Waals surface area contributed by atoms with Crippen molar-refractivity contribution >= 4 is 40.7 Å². The lowest BCUT2D eigenvalue weighted by molar-refractivity contribution is -0.118. The van der Waals surface area contributed by atoms with Crippen LogP contribution in [0.2, 0.25) is 5.02 Å². The number of anilines is 2. The summed E-state index contributed by atoms with van der Waals surface area (Å²) < 4.78 is 0. The molecule has 0 spiro atoms. The molecule has 4 rings (SSSR count). The molecular formula is C25H29ClN4O3. The van der Waals surface area contributed by atoms with Gasteiger partial charge in [0, 0.05) is 49.9 Å². The molecule has 2 heterocycles. The number of aryl methyl sites for hydroxylation is 1. The third-order valence-corrected chi connectivity index (χ3v) is 6.49. The SMILES string of the molecule is CCc1ccccc1NC(=O)CN1CCN(C(=O)c2ccc(Cl)cc2N2CCCC2=O)CC1. The van der Waals surface area contributed by atoms with E-state index in [-0.39, 0.29) is 24.3 Å². The molecule has 33 heavy (non-hydrogen) atoms. The largest absolute Gasteiger partial charge is 0.336 e. The fraction of sp³-hybridized carbons (Fsp3) is 0.400. The topological polar surface area (TPSA) is 73.0 Å². The van der Waals surface area contributed by atoms with Crippen LogP contribution in [0.25, 0.3) is 0 Å². The van der Waals surface area contributed by atoms with Crippen LogP contribution in [0.4, 0.5) is 11.4 Å². The van der Waals surface area contributed by atoms with E-state index in [1.165, 1.54) is 0 Å². The molecule has 3 amide bonds. The van der Waals surface area contributed by atoms with Gasteiger partial charge in [-0.05, 0) is 42.7 Å². The first-order valence-corrected chi connectivity index (χ1v) is 11.8. The number of nitrogens with one attached hydrogen (secondary N) is 1. The van der Waals surface area contributed by atoms with E-state index in [0.717, 1.165) is 24.1 Å². The molecule has 0 aliphatic carbocycles. The Bertz CT molecular complexity index is 1050. The molecule has 2 aliphatic rings. The van der Waals surface area contributed by atoms with Gasteiger partial charge >= 0.3 is 0 Å². The summed E-state index contributed by atoms with van der Waals surface area (Å²) in [5.74, 6) is -0.141. The monoisotopic (exact) mass is 468 g/mol. The highest BCUT2D eigenvalue weighted by molar-refractivity contribution is 6.31. The molecule has 8 heteroatoms. The highest BCUT2D eigenvalue weighted by Gasteiger charge is 2.29. The second kappa shape index (κ2) is 10.4. The summed E-state index contributed by atoms with van der Waals surface area (Å²) in [6, 6.07) is 12.9. The summed E-state index contributed by atoms with van der Waals surface area (Å²) >= 11 is 6.17. The van der Waals surface area contributed by atoms with Gasteiger partial charge in [-0.2, -0.15) is 0 Å². The predicted octanol–water partition coefficient (Wildman–Crippen LogP) is 3.43. The molecule has 0 saturated carbocycles. The van der Waals surface area contributed by atoms with Gasteiger partial charge in [0.15, 0.2) is 0 Å². The van der Waals surface area contributed by atoms with Crippen molar-refractivity contribution in [2.24, 2.45) is 0 Å². The van der Waals surface area contributed by atoms with Crippen LogP contribution in [0, 0.1) is 0 Å². The molecule has 2 aromatic rings. The van der Waals surface area contributed by atoms with Crippen molar-refractivity contribution in [3.8, 4) is 0 Å². The van der Waals surface area contributed by atoms with Crippen molar-refractivity contribution in [3.05, 3.63) is 58.6 Å². The summed E-state index contributed by atoms with van der Waals surface area (Å²) in [5, 5.41) is 3.51. The molecule has 1 N–H and O–H groups in total. The number of benzene rings is 2. The predicted molar refractivity (Wildman–Crippen MR) is 130 cm³/mol. The number of para-hydroxylation sites is 1. The summed E-state index contributed by atoms with van der Waals surface area (Å²) in [6.07, 6.45) is 2.12. The number of rotatable bonds is 6. The number of hydrogen-bond donors (Lipinski definition) is 1. The number of piperazine rings is 1. The third-order valence-electron chi connectivity index (χ3n) is 6.25. The van der Waals surface area contributed by atoms with Gasteiger partial charge in [0.25, 0.3) is 5.91 Å². The van der Waals surface area contributed by atoms with Gasteiger partial charge in [-0.3, -0.25) is 19.3 Å². The van der Waals surface area contributed by atoms with E-state index >= 15 is 0 Å². The van der Waals surface area contributed by atoms with Crippen LogP contribution >= 0.6 is 11.6 Å². The Labute approximate surface area is 199 Å². The van der Waals surface area contributed by atoms with Gasteiger partial charge in [0.2, 0.25) is 11.8 Å². The maximum atomic E-state index is 13.3. The lowest BCUT2D eigenvalue weighted by Gasteiger charge is -2.35. The fourth-order valence-corrected chi connectivity index (χ4v) is 4.60. The Morgan fingerprint density at radius 3 is 2.48 bits per heavy atom. The maximum Gasteiger partial charge on any atom is 0.256 e. The summed E-state index contributed by atoms with van der Waals surface area (Å²) in [4.78, 5) is 43.6. The van der Waals surface area contributed by atoms with Crippen LogP contribution < -0.4 is 10.2 Å². The summed E-state index contributed by atoms with van der Waals surface area (Å²) in [5.41, 5.74) is 3.05. The van der Waals surface area contributed by atoms with E-state index in [9.17, 15) is 14.4 Å². The smallest absolute Gasteiger partial charge is 0.256 e. The minimum Gasteiger partial charge on any atom is -0.336 e. The van der Waals surface area contributed by atoms with E-state index in [1.54, 1.807) is 28.0 Å². The van der Waals surface area contributed by atoms with E-state index in [1.807, 2.05) is 24.3 Å². The Morgan fingerprint density at radius 1 is 1.03 bits per heavy atom. The Morgan fingerprint density at radius 2 is 1.79 bits per heavy atom. The third kappa shape index (κ3) is 5.37. The molecule has 0 unspecified atom stereocenters. The second-order valence-electron chi connectivity index (χ2n) is 8.44. The number of halogens is 1. The van der Waals surface area contributed by atoms with Gasteiger partial charge in [-0.25, -0.2) is 0 Å². The molecule has 174 valence electrons. The number of carbonyl (C=O) groups is 3. The normalized spacial score (nSPS) is 16.8. The standard InChI is InChI=1S/C25H29ClN4O3/c1-2-18-6-3-4-7-21(18)27-23(31)17-28-12-14-29(15-13-28)25(33)20-10-9-19(26)16-22(20)30-11-5-8-24(30)32/h3-4,6-7,9-10,16H,2,5,8,11-15,17H2,1H3,(H,27,31). The van der Waals surface area contributed by atoms with Gasteiger partial charge in [-0.15, -0.1) is 0 Å². The number of carbonyl (C=O) groups excluding carboxylic acids is 3. The highest BCUT2D eigenvalue weighted by atomic mass is 35.5. The first-order chi connectivity index (χ1) is 16.0. The first kappa shape index (κ1) is 23.3. The van der Waals surface area contributed by atoms with Crippen LogP contribution in [-0.2, 0) is 16.0 Å². The number of amides is 3. The van der Waals surface area contributed by atoms with Gasteiger partial charge in [-0.1, -0.05) is 36.7 Å². The van der Waals surface area contributed by atoms with Crippen molar-refractivity contribution in [1.82, 2.24) is 9.80 Å². The summed E-state index contributed by atoms with van der Waals surface area (Å²) in [6.45, 7) is 5.21. The van der Waals surface area contributed by atoms with Crippen LogP contribution in [-0.4, -0.2) is 66.8 Å². The van der Waals surface area contributed by atoms with Gasteiger partial charge in [0.1, 0.15) is 0 Å². The molecule has 2 saturated heterocycles. The zero-order chi connectivity index (χ0) is 23.4. The van der Waals surface area contributed by atoms with Crippen molar-refractivity contribution in [2.45, 2.75) is 26.2 Å². The molecule has 0 aromatic heterocycles. The van der Waals surface area contributed by atoms with Crippen LogP contribution in [0.5, 0.6) is 0 Å². The summed E-state index contributed by atoms with van der Waals surface area (Å²) in [7, 11) is 0. The van der Waals surface area contributed by atoms with Crippen LogP contribution in [0.3, 0.4) is 0 Å². The minimum absolute atomic E-state index is 0.0202. The average molecular weight is 469 g/mol. The highest BCUT2D eigenvalue weighted by Crippen LogP contribution is 2.30. The lowest BCUT2D eigenvalue weighted by Crippen LogP contribution is -2.50. The molecule has 7 nitrogen and oxygen atoms in total. The fourth-order valence-electron chi connectivity index (χ4n) is 4.43. The van der Waals surface area contributed by atoms with Crippen molar-refractivity contribution < 1.29 is 14.4 Å². The second-order valence-corrected chi connectivity index (χ2v) is 8.87. The molecule has 0 bridgehead atoms. The number of hydrogen-bond acceptors (Lipinski definition) is 4. The molecule has 0 atom stereocenters. The molecule has 2 fully saturated rings. The van der Waals surface area contributed by atoms with E-state index in [4.69, 9.17) is 11.6 Å². The van der Waals surface area contributed by atoms with Crippen molar-refractivity contribution in [1.29, 1.82) is 0 Å². The zero-order valence-corrected chi connectivity index (χ0v) is 19.6.